The molecule has 29 heavy (non-hydrogen) atoms. The van der Waals surface area contributed by atoms with Gasteiger partial charge in [-0.05, 0) is 36.8 Å². The first kappa shape index (κ1) is 19.1. The summed E-state index contributed by atoms with van der Waals surface area (Å²) in [6.45, 7) is 3.65. The topological polar surface area (TPSA) is 87.3 Å². The van der Waals surface area contributed by atoms with Crippen LogP contribution in [-0.4, -0.2) is 53.0 Å². The van der Waals surface area contributed by atoms with Crippen molar-refractivity contribution in [1.29, 1.82) is 0 Å². The molecule has 0 aliphatic carbocycles. The Balaban J connectivity index is 1.63. The summed E-state index contributed by atoms with van der Waals surface area (Å²) in [5, 5.41) is 3.10. The van der Waals surface area contributed by atoms with Crippen molar-refractivity contribution in [3.05, 3.63) is 65.4 Å². The Morgan fingerprint density at radius 1 is 1.24 bits per heavy atom. The number of ether oxygens (including phenoxy) is 1. The second-order valence-electron chi connectivity index (χ2n) is 6.93. The summed E-state index contributed by atoms with van der Waals surface area (Å²) < 4.78 is 19.4. The van der Waals surface area contributed by atoms with Gasteiger partial charge in [0.25, 0.3) is 11.8 Å². The lowest BCUT2D eigenvalue weighted by atomic mass is 10.1. The van der Waals surface area contributed by atoms with Crippen LogP contribution in [0.4, 0.5) is 4.39 Å². The van der Waals surface area contributed by atoms with E-state index < -0.39 is 17.8 Å². The minimum absolute atomic E-state index is 0.184. The van der Waals surface area contributed by atoms with Gasteiger partial charge in [-0.25, -0.2) is 4.39 Å². The second-order valence-corrected chi connectivity index (χ2v) is 6.93. The van der Waals surface area contributed by atoms with Crippen molar-refractivity contribution in [3.63, 3.8) is 0 Å². The third kappa shape index (κ3) is 3.84. The molecule has 0 saturated carbocycles. The predicted molar refractivity (Wildman–Crippen MR) is 105 cm³/mol. The van der Waals surface area contributed by atoms with Crippen LogP contribution in [0.2, 0.25) is 0 Å². The zero-order valence-electron chi connectivity index (χ0n) is 15.9. The SMILES string of the molecule is Cc1ccc(F)c2cc(C(=O)NC(C(=O)N3CCOCC3)c3ccccn3)[nH]c12. The van der Waals surface area contributed by atoms with Crippen molar-refractivity contribution in [3.8, 4) is 0 Å². The van der Waals surface area contributed by atoms with Crippen LogP contribution in [0.25, 0.3) is 10.9 Å². The number of rotatable bonds is 4. The largest absolute Gasteiger partial charge is 0.378 e. The number of H-pyrrole nitrogens is 1. The van der Waals surface area contributed by atoms with Crippen molar-refractivity contribution in [2.45, 2.75) is 13.0 Å². The highest BCUT2D eigenvalue weighted by molar-refractivity contribution is 6.01. The number of pyridine rings is 1. The third-order valence-corrected chi connectivity index (χ3v) is 5.02. The van der Waals surface area contributed by atoms with E-state index in [1.54, 1.807) is 35.4 Å². The number of amides is 2. The molecule has 2 N–H and O–H groups in total. The highest BCUT2D eigenvalue weighted by Crippen LogP contribution is 2.23. The van der Waals surface area contributed by atoms with Gasteiger partial charge in [0.05, 0.1) is 24.4 Å². The molecule has 1 fully saturated rings. The molecule has 2 aromatic heterocycles. The first-order valence-corrected chi connectivity index (χ1v) is 9.41. The fourth-order valence-corrected chi connectivity index (χ4v) is 3.43. The number of halogens is 1. The molecule has 1 unspecified atom stereocenters. The zero-order chi connectivity index (χ0) is 20.4. The fourth-order valence-electron chi connectivity index (χ4n) is 3.43. The maximum atomic E-state index is 14.1. The minimum Gasteiger partial charge on any atom is -0.378 e. The lowest BCUT2D eigenvalue weighted by molar-refractivity contribution is -0.137. The summed E-state index contributed by atoms with van der Waals surface area (Å²) in [4.78, 5) is 34.9. The van der Waals surface area contributed by atoms with E-state index >= 15 is 0 Å². The van der Waals surface area contributed by atoms with Gasteiger partial charge < -0.3 is 19.9 Å². The quantitative estimate of drug-likeness (QED) is 0.709. The van der Waals surface area contributed by atoms with Crippen LogP contribution in [0, 0.1) is 12.7 Å². The van der Waals surface area contributed by atoms with Gasteiger partial charge in [-0.15, -0.1) is 0 Å². The Kier molecular flexibility index (Phi) is 5.26. The van der Waals surface area contributed by atoms with Crippen molar-refractivity contribution < 1.29 is 18.7 Å². The van der Waals surface area contributed by atoms with Crippen LogP contribution in [0.1, 0.15) is 27.8 Å². The first-order chi connectivity index (χ1) is 14.0. The molecule has 1 aromatic carbocycles. The van der Waals surface area contributed by atoms with E-state index in [-0.39, 0.29) is 11.6 Å². The molecule has 0 radical (unpaired) electrons. The number of carbonyl (C=O) groups is 2. The van der Waals surface area contributed by atoms with Crippen molar-refractivity contribution in [2.24, 2.45) is 0 Å². The molecule has 1 saturated heterocycles. The molecule has 4 rings (SSSR count). The molecule has 1 aliphatic rings. The van der Waals surface area contributed by atoms with E-state index in [9.17, 15) is 14.0 Å². The van der Waals surface area contributed by atoms with Gasteiger partial charge in [0, 0.05) is 24.7 Å². The maximum absolute atomic E-state index is 14.1. The summed E-state index contributed by atoms with van der Waals surface area (Å²) >= 11 is 0. The second kappa shape index (κ2) is 8.00. The average molecular weight is 396 g/mol. The molecule has 150 valence electrons. The number of nitrogens with one attached hydrogen (secondary N) is 2. The predicted octanol–water partition coefficient (Wildman–Crippen LogP) is 2.34. The Morgan fingerprint density at radius 2 is 2.03 bits per heavy atom. The molecule has 3 aromatic rings. The van der Waals surface area contributed by atoms with E-state index in [1.165, 1.54) is 12.1 Å². The number of benzene rings is 1. The summed E-state index contributed by atoms with van der Waals surface area (Å²) in [6.07, 6.45) is 1.57. The van der Waals surface area contributed by atoms with E-state index in [0.29, 0.717) is 42.9 Å². The van der Waals surface area contributed by atoms with E-state index in [0.717, 1.165) is 5.56 Å². The number of hydrogen-bond donors (Lipinski definition) is 2. The average Bonchev–Trinajstić information content (AvgIpc) is 3.22. The number of carbonyl (C=O) groups excluding carboxylic acids is 2. The number of fused-ring (bicyclic) bond motifs is 1. The van der Waals surface area contributed by atoms with Crippen molar-refractivity contribution in [2.75, 3.05) is 26.3 Å². The van der Waals surface area contributed by atoms with Gasteiger partial charge in [0.1, 0.15) is 11.5 Å². The molecule has 2 amide bonds. The number of nitrogens with zero attached hydrogens (tertiary/aromatic N) is 2. The van der Waals surface area contributed by atoms with Gasteiger partial charge in [0.2, 0.25) is 0 Å². The molecule has 7 nitrogen and oxygen atoms in total. The standard InChI is InChI=1S/C21H21FN4O3/c1-13-5-6-15(22)14-12-17(24-18(13)14)20(27)25-19(16-4-2-3-7-23-16)21(28)26-8-10-29-11-9-26/h2-7,12,19,24H,8-11H2,1H3,(H,25,27). The smallest absolute Gasteiger partial charge is 0.268 e. The number of aromatic nitrogens is 2. The lowest BCUT2D eigenvalue weighted by Crippen LogP contribution is -2.47. The molecular weight excluding hydrogens is 375 g/mol. The molecular formula is C21H21FN4O3. The maximum Gasteiger partial charge on any atom is 0.268 e. The van der Waals surface area contributed by atoms with Crippen LogP contribution in [0.5, 0.6) is 0 Å². The first-order valence-electron chi connectivity index (χ1n) is 9.41. The monoisotopic (exact) mass is 396 g/mol. The zero-order valence-corrected chi connectivity index (χ0v) is 15.9. The van der Waals surface area contributed by atoms with Crippen LogP contribution in [0.3, 0.4) is 0 Å². The fraction of sp³-hybridized carbons (Fsp3) is 0.286. The van der Waals surface area contributed by atoms with Crippen LogP contribution < -0.4 is 5.32 Å². The summed E-state index contributed by atoms with van der Waals surface area (Å²) in [7, 11) is 0. The Labute approximate surface area is 166 Å². The third-order valence-electron chi connectivity index (χ3n) is 5.02. The van der Waals surface area contributed by atoms with E-state index in [2.05, 4.69) is 15.3 Å². The number of aryl methyl sites for hydroxylation is 1. The molecule has 0 spiro atoms. The lowest BCUT2D eigenvalue weighted by Gasteiger charge is -2.30. The number of aromatic amines is 1. The molecule has 1 aliphatic heterocycles. The summed E-state index contributed by atoms with van der Waals surface area (Å²) in [6, 6.07) is 8.72. The van der Waals surface area contributed by atoms with Gasteiger partial charge >= 0.3 is 0 Å². The normalized spacial score (nSPS) is 15.3. The molecule has 8 heteroatoms. The molecule has 1 atom stereocenters. The van der Waals surface area contributed by atoms with Gasteiger partial charge in [-0.1, -0.05) is 12.1 Å². The number of hydrogen-bond acceptors (Lipinski definition) is 4. The minimum atomic E-state index is -0.945. The van der Waals surface area contributed by atoms with Gasteiger partial charge in [0.15, 0.2) is 6.04 Å². The summed E-state index contributed by atoms with van der Waals surface area (Å²) in [5.41, 5.74) is 2.01. The van der Waals surface area contributed by atoms with E-state index in [1.807, 2.05) is 6.92 Å². The highest BCUT2D eigenvalue weighted by atomic mass is 19.1. The Hall–Kier alpha value is -3.26. The van der Waals surface area contributed by atoms with E-state index in [4.69, 9.17) is 4.74 Å². The van der Waals surface area contributed by atoms with Gasteiger partial charge in [-0.2, -0.15) is 0 Å². The van der Waals surface area contributed by atoms with Crippen molar-refractivity contribution in [1.82, 2.24) is 20.2 Å². The molecule has 0 bridgehead atoms. The van der Waals surface area contributed by atoms with Crippen LogP contribution in [0.15, 0.2) is 42.6 Å². The Morgan fingerprint density at radius 3 is 2.72 bits per heavy atom. The Bertz CT molecular complexity index is 1010. The van der Waals surface area contributed by atoms with Crippen LogP contribution in [-0.2, 0) is 9.53 Å². The molecule has 3 heterocycles. The summed E-state index contributed by atoms with van der Waals surface area (Å²) in [5.74, 6) is -1.16. The number of morpholine rings is 1. The van der Waals surface area contributed by atoms with Crippen molar-refractivity contribution >= 4 is 22.7 Å². The van der Waals surface area contributed by atoms with Crippen LogP contribution >= 0.6 is 0 Å². The van der Waals surface area contributed by atoms with Gasteiger partial charge in [-0.3, -0.25) is 14.6 Å². The highest BCUT2D eigenvalue weighted by Gasteiger charge is 2.30.